The molecule has 7 nitrogen and oxygen atoms in total. The Balaban J connectivity index is 1.54. The third kappa shape index (κ3) is 6.26. The Labute approximate surface area is 225 Å². The number of aromatic nitrogens is 4. The zero-order chi connectivity index (χ0) is 27.3. The molecule has 1 aromatic carbocycles. The van der Waals surface area contributed by atoms with Crippen LogP contribution in [0.15, 0.2) is 41.3 Å². The number of halogens is 3. The van der Waals surface area contributed by atoms with E-state index in [9.17, 15) is 18.4 Å². The molecule has 2 heterocycles. The van der Waals surface area contributed by atoms with Gasteiger partial charge in [-0.1, -0.05) is 43.9 Å². The molecule has 3 aromatic rings. The second-order valence-electron chi connectivity index (χ2n) is 9.83. The van der Waals surface area contributed by atoms with E-state index in [1.54, 1.807) is 30.3 Å². The number of alkyl halides is 2. The lowest BCUT2D eigenvalue weighted by atomic mass is 9.79. The number of Topliss-reactive ketones (excluding diaryl/α,β-unsaturated/α-hetero) is 1. The summed E-state index contributed by atoms with van der Waals surface area (Å²) in [5.74, 6) is 0.440. The van der Waals surface area contributed by atoms with E-state index < -0.39 is 23.3 Å². The first kappa shape index (κ1) is 27.8. The molecule has 10 heteroatoms. The number of nitrogens with one attached hydrogen (secondary N) is 1. The summed E-state index contributed by atoms with van der Waals surface area (Å²) in [5.41, 5.74) is -0.433. The molecule has 38 heavy (non-hydrogen) atoms. The Kier molecular flexibility index (Phi) is 8.87. The predicted octanol–water partition coefficient (Wildman–Crippen LogP) is 6.44. The first-order valence-electron chi connectivity index (χ1n) is 12.9. The van der Waals surface area contributed by atoms with E-state index in [4.69, 9.17) is 16.3 Å². The number of hydrogen-bond donors (Lipinski definition) is 1. The number of aryl methyl sites for hydroxylation is 1. The van der Waals surface area contributed by atoms with Gasteiger partial charge < -0.3 is 4.74 Å². The number of nitrogens with zero attached hydrogens (tertiary/aromatic N) is 3. The molecule has 0 bridgehead atoms. The van der Waals surface area contributed by atoms with Crippen LogP contribution in [-0.4, -0.2) is 38.2 Å². The number of carbonyl (C=O) groups excluding carboxylic acids is 1. The van der Waals surface area contributed by atoms with Gasteiger partial charge in [-0.25, -0.2) is 23.5 Å². The molecule has 0 amide bonds. The van der Waals surface area contributed by atoms with Crippen LogP contribution in [0.25, 0.3) is 22.8 Å². The van der Waals surface area contributed by atoms with E-state index in [-0.39, 0.29) is 43.4 Å². The number of pyridine rings is 1. The standard InChI is InChI=1S/C28H31ClF2N4O3/c1-3-6-17(2)38-23-12-9-19(16-32-23)24-33-25(35-27(37)34-24)20-15-18(7-10-21(20)29)8-11-22(36)28(26(30)31)13-4-5-14-28/h7,9-10,12,15-17,26H,3-6,8,11,13-14H2,1-2H3,(H,33,34,35,37)/t17-/m1/s1. The number of benzene rings is 1. The lowest BCUT2D eigenvalue weighted by molar-refractivity contribution is -0.137. The van der Waals surface area contributed by atoms with Crippen LogP contribution in [0.4, 0.5) is 8.78 Å². The quantitative estimate of drug-likeness (QED) is 0.298. The van der Waals surface area contributed by atoms with E-state index >= 15 is 0 Å². The molecule has 4 rings (SSSR count). The third-order valence-electron chi connectivity index (χ3n) is 7.06. The highest BCUT2D eigenvalue weighted by Gasteiger charge is 2.48. The Hall–Kier alpha value is -3.20. The van der Waals surface area contributed by atoms with Gasteiger partial charge in [0.2, 0.25) is 5.88 Å². The van der Waals surface area contributed by atoms with Crippen LogP contribution in [0.3, 0.4) is 0 Å². The Bertz CT molecular complexity index is 1320. The molecule has 0 aliphatic heterocycles. The van der Waals surface area contributed by atoms with Gasteiger partial charge in [0.25, 0.3) is 6.43 Å². The van der Waals surface area contributed by atoms with E-state index in [0.717, 1.165) is 18.4 Å². The highest BCUT2D eigenvalue weighted by Crippen LogP contribution is 2.45. The number of ketones is 1. The molecule has 0 unspecified atom stereocenters. The minimum atomic E-state index is -2.65. The molecule has 0 radical (unpaired) electrons. The Morgan fingerprint density at radius 3 is 2.61 bits per heavy atom. The van der Waals surface area contributed by atoms with Crippen LogP contribution in [0.5, 0.6) is 5.88 Å². The fourth-order valence-electron chi connectivity index (χ4n) is 4.94. The average molecular weight is 545 g/mol. The van der Waals surface area contributed by atoms with Gasteiger partial charge in [0.15, 0.2) is 5.82 Å². The van der Waals surface area contributed by atoms with Crippen LogP contribution in [0.2, 0.25) is 5.02 Å². The summed E-state index contributed by atoms with van der Waals surface area (Å²) in [6, 6.07) is 8.52. The predicted molar refractivity (Wildman–Crippen MR) is 142 cm³/mol. The van der Waals surface area contributed by atoms with Crippen LogP contribution in [0, 0.1) is 5.41 Å². The smallest absolute Gasteiger partial charge is 0.348 e. The molecule has 2 aromatic heterocycles. The third-order valence-corrected chi connectivity index (χ3v) is 7.39. The van der Waals surface area contributed by atoms with Crippen LogP contribution in [0.1, 0.15) is 64.4 Å². The monoisotopic (exact) mass is 544 g/mol. The summed E-state index contributed by atoms with van der Waals surface area (Å²) in [6.07, 6.45) is 2.88. The number of rotatable bonds is 11. The maximum absolute atomic E-state index is 13.7. The van der Waals surface area contributed by atoms with Crippen molar-refractivity contribution >= 4 is 17.4 Å². The average Bonchev–Trinajstić information content (AvgIpc) is 3.40. The summed E-state index contributed by atoms with van der Waals surface area (Å²) < 4.78 is 33.3. The van der Waals surface area contributed by atoms with E-state index in [0.29, 0.717) is 34.9 Å². The van der Waals surface area contributed by atoms with Gasteiger partial charge in [-0.05, 0) is 56.4 Å². The second-order valence-corrected chi connectivity index (χ2v) is 10.2. The lowest BCUT2D eigenvalue weighted by Gasteiger charge is -2.26. The highest BCUT2D eigenvalue weighted by molar-refractivity contribution is 6.33. The molecule has 1 saturated carbocycles. The van der Waals surface area contributed by atoms with Crippen molar-refractivity contribution in [3.8, 4) is 28.7 Å². The van der Waals surface area contributed by atoms with Crippen molar-refractivity contribution in [3.05, 3.63) is 57.6 Å². The van der Waals surface area contributed by atoms with E-state index in [1.165, 1.54) is 6.20 Å². The maximum atomic E-state index is 13.7. The van der Waals surface area contributed by atoms with E-state index in [2.05, 4.69) is 26.9 Å². The fraction of sp³-hybridized carbons (Fsp3) is 0.464. The van der Waals surface area contributed by atoms with Gasteiger partial charge in [0.1, 0.15) is 11.6 Å². The number of aromatic amines is 1. The number of H-pyrrole nitrogens is 1. The second kappa shape index (κ2) is 12.1. The van der Waals surface area contributed by atoms with Gasteiger partial charge >= 0.3 is 5.69 Å². The molecule has 1 aliphatic rings. The largest absolute Gasteiger partial charge is 0.475 e. The first-order valence-corrected chi connectivity index (χ1v) is 13.3. The van der Waals surface area contributed by atoms with Crippen molar-refractivity contribution in [2.45, 2.75) is 77.7 Å². The van der Waals surface area contributed by atoms with E-state index in [1.807, 2.05) is 6.92 Å². The summed E-state index contributed by atoms with van der Waals surface area (Å²) in [7, 11) is 0. The van der Waals surface area contributed by atoms with Crippen LogP contribution < -0.4 is 10.4 Å². The van der Waals surface area contributed by atoms with Crippen molar-refractivity contribution in [3.63, 3.8) is 0 Å². The summed E-state index contributed by atoms with van der Waals surface area (Å²) in [4.78, 5) is 40.5. The van der Waals surface area contributed by atoms with Crippen molar-refractivity contribution in [2.75, 3.05) is 0 Å². The highest BCUT2D eigenvalue weighted by atomic mass is 35.5. The minimum absolute atomic E-state index is 0.00786. The van der Waals surface area contributed by atoms with Crippen LogP contribution >= 0.6 is 11.6 Å². The molecule has 1 N–H and O–H groups in total. The first-order chi connectivity index (χ1) is 18.2. The Morgan fingerprint density at radius 1 is 1.18 bits per heavy atom. The minimum Gasteiger partial charge on any atom is -0.475 e. The SMILES string of the molecule is CCC[C@@H](C)Oc1ccc(-c2nc(-c3cc(CCC(=O)C4(C(F)F)CCCC4)ccc3Cl)[nH]c(=O)n2)cn1. The van der Waals surface area contributed by atoms with Gasteiger partial charge in [-0.3, -0.25) is 9.78 Å². The van der Waals surface area contributed by atoms with Crippen molar-refractivity contribution in [1.82, 2.24) is 19.9 Å². The summed E-state index contributed by atoms with van der Waals surface area (Å²) >= 11 is 6.43. The number of ether oxygens (including phenoxy) is 1. The normalized spacial score (nSPS) is 15.5. The van der Waals surface area contributed by atoms with Crippen molar-refractivity contribution in [1.29, 1.82) is 0 Å². The Morgan fingerprint density at radius 2 is 1.95 bits per heavy atom. The molecule has 202 valence electrons. The zero-order valence-corrected chi connectivity index (χ0v) is 22.2. The molecule has 1 aliphatic carbocycles. The van der Waals surface area contributed by atoms with Gasteiger partial charge in [-0.2, -0.15) is 4.98 Å². The molecule has 1 atom stereocenters. The summed E-state index contributed by atoms with van der Waals surface area (Å²) in [6.45, 7) is 4.06. The molecular weight excluding hydrogens is 514 g/mol. The van der Waals surface area contributed by atoms with Crippen molar-refractivity contribution in [2.24, 2.45) is 5.41 Å². The molecule has 1 fully saturated rings. The topological polar surface area (TPSA) is 97.8 Å². The fourth-order valence-corrected chi connectivity index (χ4v) is 5.14. The van der Waals surface area contributed by atoms with Gasteiger partial charge in [0.05, 0.1) is 16.5 Å². The van der Waals surface area contributed by atoms with Crippen LogP contribution in [-0.2, 0) is 11.2 Å². The molecular formula is C28H31ClF2N4O3. The zero-order valence-electron chi connectivity index (χ0n) is 21.5. The molecule has 0 spiro atoms. The van der Waals surface area contributed by atoms with Gasteiger partial charge in [0, 0.05) is 29.8 Å². The number of carbonyl (C=O) groups is 1. The summed E-state index contributed by atoms with van der Waals surface area (Å²) in [5, 5.41) is 0.340. The maximum Gasteiger partial charge on any atom is 0.348 e. The molecule has 0 saturated heterocycles. The number of hydrogen-bond acceptors (Lipinski definition) is 6. The lowest BCUT2D eigenvalue weighted by Crippen LogP contribution is -2.35. The van der Waals surface area contributed by atoms with Gasteiger partial charge in [-0.15, -0.1) is 0 Å². The van der Waals surface area contributed by atoms with Crippen molar-refractivity contribution < 1.29 is 18.3 Å².